The van der Waals surface area contributed by atoms with E-state index < -0.39 is 17.5 Å². The molecule has 2 N–H and O–H groups in total. The van der Waals surface area contributed by atoms with Crippen molar-refractivity contribution in [1.82, 2.24) is 4.98 Å². The van der Waals surface area contributed by atoms with Crippen molar-refractivity contribution < 1.29 is 24.2 Å². The molecule has 1 aromatic heterocycles. The molecule has 21 heavy (non-hydrogen) atoms. The van der Waals surface area contributed by atoms with Gasteiger partial charge in [0.25, 0.3) is 0 Å². The minimum Gasteiger partial charge on any atom is -0.508 e. The van der Waals surface area contributed by atoms with Gasteiger partial charge in [-0.25, -0.2) is 4.79 Å². The third-order valence-electron chi connectivity index (χ3n) is 3.57. The lowest BCUT2D eigenvalue weighted by Crippen LogP contribution is -2.26. The van der Waals surface area contributed by atoms with Crippen LogP contribution in [0.15, 0.2) is 29.3 Å². The third-order valence-corrected chi connectivity index (χ3v) is 3.57. The molecule has 1 aliphatic rings. The van der Waals surface area contributed by atoms with Gasteiger partial charge in [0.2, 0.25) is 5.78 Å². The van der Waals surface area contributed by atoms with Gasteiger partial charge in [-0.2, -0.15) is 0 Å². The second kappa shape index (κ2) is 4.31. The number of rotatable bonds is 1. The number of ketones is 2. The van der Waals surface area contributed by atoms with Crippen LogP contribution in [0.25, 0.3) is 10.9 Å². The molecular weight excluding hydrogens is 274 g/mol. The number of phenolic OH excluding ortho intramolecular Hbond substituents is 1. The monoisotopic (exact) mass is 285 g/mol. The average Bonchev–Trinajstić information content (AvgIpc) is 2.83. The summed E-state index contributed by atoms with van der Waals surface area (Å²) in [5, 5.41) is 10.0. The number of nitrogens with one attached hydrogen (secondary N) is 1. The lowest BCUT2D eigenvalue weighted by molar-refractivity contribution is -0.135. The number of aromatic hydroxyl groups is 1. The topological polar surface area (TPSA) is 96.5 Å². The first-order chi connectivity index (χ1) is 9.95. The molecule has 2 aromatic rings. The lowest BCUT2D eigenvalue weighted by atomic mass is 9.87. The predicted octanol–water partition coefficient (Wildman–Crippen LogP) is 1.74. The number of Topliss-reactive ketones (excluding diaryl/α,β-unsaturated/α-hetero) is 2. The van der Waals surface area contributed by atoms with Crippen LogP contribution in [0.2, 0.25) is 0 Å². The molecule has 6 nitrogen and oxygen atoms in total. The zero-order chi connectivity index (χ0) is 15.3. The highest BCUT2D eigenvalue weighted by Crippen LogP contribution is 2.33. The molecule has 3 rings (SSSR count). The highest BCUT2D eigenvalue weighted by atomic mass is 16.5. The molecule has 0 radical (unpaired) electrons. The van der Waals surface area contributed by atoms with E-state index in [1.807, 2.05) is 0 Å². The van der Waals surface area contributed by atoms with Crippen LogP contribution in [0.4, 0.5) is 0 Å². The molecule has 0 saturated heterocycles. The van der Waals surface area contributed by atoms with E-state index >= 15 is 0 Å². The molecule has 1 heterocycles. The van der Waals surface area contributed by atoms with Crippen molar-refractivity contribution in [3.8, 4) is 5.75 Å². The largest absolute Gasteiger partial charge is 0.508 e. The van der Waals surface area contributed by atoms with Gasteiger partial charge in [-0.1, -0.05) is 0 Å². The Morgan fingerprint density at radius 3 is 2.62 bits per heavy atom. The minimum atomic E-state index is -0.835. The number of fused-ring (bicyclic) bond motifs is 3. The number of carbonyl (C=O) groups excluding carboxylic acids is 3. The van der Waals surface area contributed by atoms with Crippen LogP contribution in [-0.4, -0.2) is 34.7 Å². The summed E-state index contributed by atoms with van der Waals surface area (Å²) in [5.74, 6) is -1.85. The van der Waals surface area contributed by atoms with Crippen molar-refractivity contribution in [3.63, 3.8) is 0 Å². The molecule has 6 heteroatoms. The van der Waals surface area contributed by atoms with Crippen LogP contribution in [0.5, 0.6) is 5.75 Å². The fourth-order valence-corrected chi connectivity index (χ4v) is 2.53. The Labute approximate surface area is 119 Å². The van der Waals surface area contributed by atoms with Crippen LogP contribution in [0.3, 0.4) is 0 Å². The quantitative estimate of drug-likeness (QED) is 0.614. The van der Waals surface area contributed by atoms with E-state index in [2.05, 4.69) is 9.72 Å². The molecule has 1 aromatic carbocycles. The van der Waals surface area contributed by atoms with Gasteiger partial charge in [0.05, 0.1) is 18.4 Å². The molecule has 0 bridgehead atoms. The van der Waals surface area contributed by atoms with Crippen molar-refractivity contribution in [1.29, 1.82) is 0 Å². The van der Waals surface area contributed by atoms with Crippen molar-refractivity contribution in [3.05, 3.63) is 40.6 Å². The van der Waals surface area contributed by atoms with Gasteiger partial charge in [-0.05, 0) is 25.1 Å². The minimum absolute atomic E-state index is 0.00931. The first-order valence-electron chi connectivity index (χ1n) is 6.19. The van der Waals surface area contributed by atoms with E-state index in [-0.39, 0.29) is 28.2 Å². The Kier molecular flexibility index (Phi) is 2.69. The molecule has 1 aliphatic carbocycles. The van der Waals surface area contributed by atoms with Crippen LogP contribution in [0.1, 0.15) is 27.8 Å². The number of methoxy groups -OCH3 is 1. The number of aromatic amines is 1. The SMILES string of the molecule is COC(=O)C1=C(C)C(=O)c2c([nH]c3ccc(O)cc23)C1=O. The Balaban J connectivity index is 2.33. The fourth-order valence-electron chi connectivity index (χ4n) is 2.53. The van der Waals surface area contributed by atoms with Crippen molar-refractivity contribution >= 4 is 28.4 Å². The highest BCUT2D eigenvalue weighted by molar-refractivity contribution is 6.37. The molecular formula is C15H11NO5. The summed E-state index contributed by atoms with van der Waals surface area (Å²) in [7, 11) is 1.15. The number of hydrogen-bond donors (Lipinski definition) is 2. The smallest absolute Gasteiger partial charge is 0.342 e. The molecule has 0 amide bonds. The summed E-state index contributed by atoms with van der Waals surface area (Å²) >= 11 is 0. The van der Waals surface area contributed by atoms with Gasteiger partial charge in [0.15, 0.2) is 5.78 Å². The van der Waals surface area contributed by atoms with E-state index in [4.69, 9.17) is 0 Å². The molecule has 0 spiro atoms. The van der Waals surface area contributed by atoms with E-state index in [1.165, 1.54) is 19.1 Å². The molecule has 0 fully saturated rings. The number of esters is 1. The zero-order valence-electron chi connectivity index (χ0n) is 11.3. The maximum atomic E-state index is 12.5. The first kappa shape index (κ1) is 13.1. The molecule has 0 aliphatic heterocycles. The number of H-pyrrole nitrogens is 1. The predicted molar refractivity (Wildman–Crippen MR) is 73.3 cm³/mol. The number of hydrogen-bond acceptors (Lipinski definition) is 5. The number of allylic oxidation sites excluding steroid dienone is 1. The molecule has 0 atom stereocenters. The maximum Gasteiger partial charge on any atom is 0.342 e. The van der Waals surface area contributed by atoms with Crippen molar-refractivity contribution in [2.75, 3.05) is 7.11 Å². The van der Waals surface area contributed by atoms with Gasteiger partial charge in [0, 0.05) is 16.5 Å². The molecule has 0 saturated carbocycles. The summed E-state index contributed by atoms with van der Waals surface area (Å²) in [5.41, 5.74) is 0.551. The molecule has 0 unspecified atom stereocenters. The summed E-state index contributed by atoms with van der Waals surface area (Å²) in [6.45, 7) is 1.41. The summed E-state index contributed by atoms with van der Waals surface area (Å²) < 4.78 is 4.56. The molecule has 106 valence electrons. The maximum absolute atomic E-state index is 12.5. The van der Waals surface area contributed by atoms with Crippen LogP contribution in [-0.2, 0) is 9.53 Å². The van der Waals surface area contributed by atoms with Gasteiger partial charge >= 0.3 is 5.97 Å². The number of carbonyl (C=O) groups is 3. The normalized spacial score (nSPS) is 14.6. The standard InChI is InChI=1S/C15H11NO5/c1-6-10(15(20)21-2)14(19)12-11(13(6)18)8-5-7(17)3-4-9(8)16-12/h3-5,16-17H,1-2H3. The zero-order valence-corrected chi connectivity index (χ0v) is 11.3. The van der Waals surface area contributed by atoms with Gasteiger partial charge < -0.3 is 14.8 Å². The summed E-state index contributed by atoms with van der Waals surface area (Å²) in [6.07, 6.45) is 0. The Bertz CT molecular complexity index is 856. The summed E-state index contributed by atoms with van der Waals surface area (Å²) in [4.78, 5) is 39.4. The van der Waals surface area contributed by atoms with Crippen LogP contribution >= 0.6 is 0 Å². The third kappa shape index (κ3) is 1.69. The average molecular weight is 285 g/mol. The van der Waals surface area contributed by atoms with Crippen LogP contribution < -0.4 is 0 Å². The number of aromatic nitrogens is 1. The second-order valence-electron chi connectivity index (χ2n) is 4.75. The number of benzene rings is 1. The van der Waals surface area contributed by atoms with Gasteiger partial charge in [0.1, 0.15) is 11.3 Å². The van der Waals surface area contributed by atoms with E-state index in [0.717, 1.165) is 7.11 Å². The van der Waals surface area contributed by atoms with E-state index in [9.17, 15) is 19.5 Å². The fraction of sp³-hybridized carbons (Fsp3) is 0.133. The Hall–Kier alpha value is -2.89. The highest BCUT2D eigenvalue weighted by Gasteiger charge is 2.37. The van der Waals surface area contributed by atoms with Gasteiger partial charge in [-0.15, -0.1) is 0 Å². The number of ether oxygens (including phenoxy) is 1. The lowest BCUT2D eigenvalue weighted by Gasteiger charge is -2.14. The Morgan fingerprint density at radius 2 is 1.95 bits per heavy atom. The van der Waals surface area contributed by atoms with E-state index in [0.29, 0.717) is 10.9 Å². The van der Waals surface area contributed by atoms with E-state index in [1.54, 1.807) is 6.07 Å². The Morgan fingerprint density at radius 1 is 1.24 bits per heavy atom. The van der Waals surface area contributed by atoms with Crippen molar-refractivity contribution in [2.24, 2.45) is 0 Å². The van der Waals surface area contributed by atoms with Gasteiger partial charge in [-0.3, -0.25) is 9.59 Å². The second-order valence-corrected chi connectivity index (χ2v) is 4.75. The van der Waals surface area contributed by atoms with Crippen LogP contribution in [0, 0.1) is 0 Å². The first-order valence-corrected chi connectivity index (χ1v) is 6.19. The number of phenols is 1. The van der Waals surface area contributed by atoms with Crippen molar-refractivity contribution in [2.45, 2.75) is 6.92 Å². The summed E-state index contributed by atoms with van der Waals surface area (Å²) in [6, 6.07) is 4.42.